The van der Waals surface area contributed by atoms with E-state index in [4.69, 9.17) is 16.3 Å². The van der Waals surface area contributed by atoms with Gasteiger partial charge in [0.25, 0.3) is 0 Å². The van der Waals surface area contributed by atoms with Gasteiger partial charge in [0.15, 0.2) is 0 Å². The minimum Gasteiger partial charge on any atom is -0.486 e. The Kier molecular flexibility index (Phi) is 10.3. The highest BCUT2D eigenvalue weighted by atomic mass is 35.5. The van der Waals surface area contributed by atoms with Gasteiger partial charge in [-0.2, -0.15) is 0 Å². The summed E-state index contributed by atoms with van der Waals surface area (Å²) in [7, 11) is 0. The number of nitrogens with one attached hydrogen (secondary N) is 2. The molecule has 1 aliphatic rings. The van der Waals surface area contributed by atoms with Crippen LogP contribution in [-0.2, 0) is 17.8 Å². The molecule has 1 fully saturated rings. The molecule has 1 aliphatic heterocycles. The maximum atomic E-state index is 12.0. The van der Waals surface area contributed by atoms with Gasteiger partial charge in [-0.1, -0.05) is 11.6 Å². The van der Waals surface area contributed by atoms with Crippen LogP contribution in [0.2, 0.25) is 5.02 Å². The third-order valence-electron chi connectivity index (χ3n) is 3.82. The Morgan fingerprint density at radius 2 is 2.12 bits per heavy atom. The van der Waals surface area contributed by atoms with E-state index in [1.54, 1.807) is 12.1 Å². The largest absolute Gasteiger partial charge is 0.486 e. The van der Waals surface area contributed by atoms with Crippen molar-refractivity contribution in [3.05, 3.63) is 45.4 Å². The smallest absolute Gasteiger partial charge is 0.226 e. The number of benzene rings is 1. The van der Waals surface area contributed by atoms with Crippen LogP contribution in [0.1, 0.15) is 23.5 Å². The van der Waals surface area contributed by atoms with Crippen molar-refractivity contribution in [2.45, 2.75) is 31.9 Å². The van der Waals surface area contributed by atoms with Gasteiger partial charge in [0.05, 0.1) is 12.1 Å². The predicted octanol–water partition coefficient (Wildman–Crippen LogP) is 3.63. The van der Waals surface area contributed by atoms with Crippen LogP contribution in [-0.4, -0.2) is 30.0 Å². The lowest BCUT2D eigenvalue weighted by molar-refractivity contribution is -0.120. The highest BCUT2D eigenvalue weighted by molar-refractivity contribution is 7.09. The average Bonchev–Trinajstić information content (AvgIpc) is 3.24. The summed E-state index contributed by atoms with van der Waals surface area (Å²) in [5.74, 6) is 0.761. The molecule has 1 unspecified atom stereocenters. The van der Waals surface area contributed by atoms with Crippen molar-refractivity contribution in [2.75, 3.05) is 13.1 Å². The molecular formula is C17H22Cl3N3O2S. The van der Waals surface area contributed by atoms with Crippen molar-refractivity contribution >= 4 is 53.7 Å². The lowest BCUT2D eigenvalue weighted by Gasteiger charge is -2.10. The molecule has 5 nitrogen and oxygen atoms in total. The minimum atomic E-state index is 0. The second kappa shape index (κ2) is 11.6. The quantitative estimate of drug-likeness (QED) is 0.693. The van der Waals surface area contributed by atoms with Crippen molar-refractivity contribution in [3.8, 4) is 5.75 Å². The standard InChI is InChI=1S/C17H20ClN3O2S.2ClH/c18-12-3-5-15(6-4-12)23-10-17-21-14(11-24-17)8-16(22)20-9-13-2-1-7-19-13;;/h3-6,11,13,19H,1-2,7-10H2,(H,20,22);2*1H. The van der Waals surface area contributed by atoms with Crippen LogP contribution in [0.4, 0.5) is 0 Å². The second-order valence-electron chi connectivity index (χ2n) is 5.75. The minimum absolute atomic E-state index is 0. The Morgan fingerprint density at radius 3 is 2.81 bits per heavy atom. The van der Waals surface area contributed by atoms with E-state index in [0.29, 0.717) is 30.6 Å². The van der Waals surface area contributed by atoms with Crippen LogP contribution >= 0.6 is 47.8 Å². The third kappa shape index (κ3) is 7.29. The van der Waals surface area contributed by atoms with E-state index >= 15 is 0 Å². The van der Waals surface area contributed by atoms with Gasteiger partial charge in [-0.25, -0.2) is 4.98 Å². The van der Waals surface area contributed by atoms with Crippen molar-refractivity contribution in [3.63, 3.8) is 0 Å². The molecule has 1 aromatic carbocycles. The third-order valence-corrected chi connectivity index (χ3v) is 4.95. The fourth-order valence-corrected chi connectivity index (χ4v) is 3.40. The van der Waals surface area contributed by atoms with Crippen LogP contribution in [0.15, 0.2) is 29.6 Å². The van der Waals surface area contributed by atoms with Crippen molar-refractivity contribution in [1.82, 2.24) is 15.6 Å². The number of nitrogens with zero attached hydrogens (tertiary/aromatic N) is 1. The molecule has 2 N–H and O–H groups in total. The number of carbonyl (C=O) groups is 1. The summed E-state index contributed by atoms with van der Waals surface area (Å²) in [6.07, 6.45) is 2.62. The fourth-order valence-electron chi connectivity index (χ4n) is 2.57. The molecule has 9 heteroatoms. The molecule has 0 radical (unpaired) electrons. The number of hydrogen-bond donors (Lipinski definition) is 2. The van der Waals surface area contributed by atoms with E-state index in [-0.39, 0.29) is 30.7 Å². The maximum Gasteiger partial charge on any atom is 0.226 e. The Balaban J connectivity index is 0.00000169. The Morgan fingerprint density at radius 1 is 1.35 bits per heavy atom. The van der Waals surface area contributed by atoms with Crippen molar-refractivity contribution in [2.24, 2.45) is 0 Å². The molecule has 0 aliphatic carbocycles. The molecule has 1 atom stereocenters. The van der Waals surface area contributed by atoms with Gasteiger partial charge in [-0.15, -0.1) is 36.2 Å². The summed E-state index contributed by atoms with van der Waals surface area (Å²) in [5.41, 5.74) is 0.784. The molecule has 0 bridgehead atoms. The molecule has 0 spiro atoms. The van der Waals surface area contributed by atoms with Gasteiger partial charge in [-0.3, -0.25) is 4.79 Å². The maximum absolute atomic E-state index is 12.0. The number of hydrogen-bond acceptors (Lipinski definition) is 5. The van der Waals surface area contributed by atoms with E-state index in [1.165, 1.54) is 17.8 Å². The monoisotopic (exact) mass is 437 g/mol. The summed E-state index contributed by atoms with van der Waals surface area (Å²) in [5, 5.41) is 9.77. The van der Waals surface area contributed by atoms with Gasteiger partial charge in [0.1, 0.15) is 17.4 Å². The van der Waals surface area contributed by atoms with Gasteiger partial charge in [0, 0.05) is 23.0 Å². The first-order valence-corrected chi connectivity index (χ1v) is 9.26. The van der Waals surface area contributed by atoms with E-state index < -0.39 is 0 Å². The van der Waals surface area contributed by atoms with Gasteiger partial charge in [-0.05, 0) is 43.7 Å². The van der Waals surface area contributed by atoms with Crippen LogP contribution in [0.3, 0.4) is 0 Å². The Hall–Kier alpha value is -1.05. The molecule has 1 amide bonds. The second-order valence-corrected chi connectivity index (χ2v) is 7.13. The molecule has 3 rings (SSSR count). The molecule has 0 saturated carbocycles. The Bertz CT molecular complexity index is 676. The molecule has 2 heterocycles. The van der Waals surface area contributed by atoms with Crippen molar-refractivity contribution in [1.29, 1.82) is 0 Å². The molecule has 144 valence electrons. The topological polar surface area (TPSA) is 63.2 Å². The van der Waals surface area contributed by atoms with E-state index in [1.807, 2.05) is 17.5 Å². The Labute approximate surface area is 174 Å². The number of rotatable bonds is 7. The summed E-state index contributed by atoms with van der Waals surface area (Å²) in [6, 6.07) is 7.62. The van der Waals surface area contributed by atoms with Gasteiger partial charge in [0.2, 0.25) is 5.91 Å². The normalized spacial score (nSPS) is 15.7. The number of halogens is 3. The zero-order valence-electron chi connectivity index (χ0n) is 14.1. The zero-order valence-corrected chi connectivity index (χ0v) is 17.3. The van der Waals surface area contributed by atoms with Gasteiger partial charge >= 0.3 is 0 Å². The number of carbonyl (C=O) groups excluding carboxylic acids is 1. The summed E-state index contributed by atoms with van der Waals surface area (Å²) in [4.78, 5) is 16.4. The van der Waals surface area contributed by atoms with Crippen LogP contribution in [0.5, 0.6) is 5.75 Å². The first-order valence-electron chi connectivity index (χ1n) is 8.01. The van der Waals surface area contributed by atoms with Crippen molar-refractivity contribution < 1.29 is 9.53 Å². The molecule has 1 aromatic heterocycles. The zero-order chi connectivity index (χ0) is 16.8. The summed E-state index contributed by atoms with van der Waals surface area (Å²) < 4.78 is 5.66. The summed E-state index contributed by atoms with van der Waals surface area (Å²) >= 11 is 7.34. The van der Waals surface area contributed by atoms with E-state index in [9.17, 15) is 4.79 Å². The van der Waals surface area contributed by atoms with Crippen LogP contribution in [0.25, 0.3) is 0 Å². The first-order chi connectivity index (χ1) is 11.7. The molecular weight excluding hydrogens is 417 g/mol. The fraction of sp³-hybridized carbons (Fsp3) is 0.412. The molecule has 26 heavy (non-hydrogen) atoms. The summed E-state index contributed by atoms with van der Waals surface area (Å²) in [6.45, 7) is 2.12. The van der Waals surface area contributed by atoms with Crippen LogP contribution in [0, 0.1) is 0 Å². The highest BCUT2D eigenvalue weighted by Crippen LogP contribution is 2.18. The lowest BCUT2D eigenvalue weighted by atomic mass is 10.2. The molecule has 2 aromatic rings. The average molecular weight is 439 g/mol. The highest BCUT2D eigenvalue weighted by Gasteiger charge is 2.15. The number of thiazole rings is 1. The number of ether oxygens (including phenoxy) is 1. The van der Waals surface area contributed by atoms with E-state index in [2.05, 4.69) is 15.6 Å². The van der Waals surface area contributed by atoms with E-state index in [0.717, 1.165) is 29.4 Å². The number of aromatic nitrogens is 1. The predicted molar refractivity (Wildman–Crippen MR) is 110 cm³/mol. The first kappa shape index (κ1) is 23.0. The molecule has 1 saturated heterocycles. The lowest BCUT2D eigenvalue weighted by Crippen LogP contribution is -2.37. The van der Waals surface area contributed by atoms with Crippen LogP contribution < -0.4 is 15.4 Å². The SMILES string of the molecule is Cl.Cl.O=C(Cc1csc(COc2ccc(Cl)cc2)n1)NCC1CCCN1. The van der Waals surface area contributed by atoms with Gasteiger partial charge < -0.3 is 15.4 Å². The number of amides is 1.